The zero-order chi connectivity index (χ0) is 12.3. The molecule has 2 aliphatic carbocycles. The molecule has 4 aliphatic rings. The van der Waals surface area contributed by atoms with Crippen LogP contribution in [0.2, 0.25) is 0 Å². The van der Waals surface area contributed by atoms with Crippen LogP contribution in [0, 0.1) is 0 Å². The zero-order valence-electron chi connectivity index (χ0n) is 10.8. The van der Waals surface area contributed by atoms with Gasteiger partial charge in [0.2, 0.25) is 0 Å². The molecule has 2 N–H and O–H groups in total. The molecule has 2 saturated heterocycles. The summed E-state index contributed by atoms with van der Waals surface area (Å²) in [7, 11) is 0. The second kappa shape index (κ2) is 3.47. The third-order valence-electron chi connectivity index (χ3n) is 4.56. The van der Waals surface area contributed by atoms with Crippen LogP contribution in [0.25, 0.3) is 0 Å². The fourth-order valence-corrected chi connectivity index (χ4v) is 3.30. The van der Waals surface area contributed by atoms with Gasteiger partial charge in [0.25, 0.3) is 5.91 Å². The molecular formula is C13H20N4O. The molecule has 2 unspecified atom stereocenters. The molecule has 0 aromatic heterocycles. The second-order valence-corrected chi connectivity index (χ2v) is 6.33. The van der Waals surface area contributed by atoms with Gasteiger partial charge in [-0.3, -0.25) is 15.0 Å². The number of carbonyl (C=O) groups excluding carboxylic acids is 1. The van der Waals surface area contributed by atoms with E-state index in [9.17, 15) is 4.79 Å². The fraction of sp³-hybridized carbons (Fsp3) is 0.846. The van der Waals surface area contributed by atoms with Crippen molar-refractivity contribution < 1.29 is 4.79 Å². The number of aliphatic imine (C=N–C) groups is 1. The lowest BCUT2D eigenvalue weighted by Crippen LogP contribution is -2.49. The number of amides is 1. The van der Waals surface area contributed by atoms with Crippen LogP contribution < -0.4 is 10.6 Å². The van der Waals surface area contributed by atoms with Crippen molar-refractivity contribution in [3.05, 3.63) is 0 Å². The standard InChI is InChI=1S/C13H20N4O/c1-8-6-13(7-17(8)10-4-5-10)11(18)15-12(16-13)14-9-2-3-9/h8-10H,2-7H2,1H3,(H2,14,15,16,18). The van der Waals surface area contributed by atoms with E-state index < -0.39 is 5.54 Å². The maximum atomic E-state index is 12.3. The van der Waals surface area contributed by atoms with Crippen LogP contribution >= 0.6 is 0 Å². The Hall–Kier alpha value is -1.10. The molecule has 0 aromatic carbocycles. The Morgan fingerprint density at radius 1 is 1.33 bits per heavy atom. The normalized spacial score (nSPS) is 42.6. The van der Waals surface area contributed by atoms with Crippen LogP contribution in [0.15, 0.2) is 4.99 Å². The van der Waals surface area contributed by atoms with Gasteiger partial charge in [-0.1, -0.05) is 0 Å². The molecule has 2 atom stereocenters. The molecule has 4 rings (SSSR count). The minimum absolute atomic E-state index is 0.122. The van der Waals surface area contributed by atoms with Gasteiger partial charge in [-0.15, -0.1) is 0 Å². The average Bonchev–Trinajstić information content (AvgIpc) is 3.19. The summed E-state index contributed by atoms with van der Waals surface area (Å²) in [5.41, 5.74) is -0.407. The lowest BCUT2D eigenvalue weighted by molar-refractivity contribution is -0.123. The molecule has 2 aliphatic heterocycles. The highest BCUT2D eigenvalue weighted by Crippen LogP contribution is 2.38. The van der Waals surface area contributed by atoms with E-state index in [2.05, 4.69) is 27.4 Å². The van der Waals surface area contributed by atoms with E-state index in [1.165, 1.54) is 25.7 Å². The maximum Gasteiger partial charge on any atom is 0.253 e. The Labute approximate surface area is 107 Å². The topological polar surface area (TPSA) is 56.7 Å². The Kier molecular flexibility index (Phi) is 2.08. The molecule has 5 heteroatoms. The Morgan fingerprint density at radius 2 is 2.11 bits per heavy atom. The van der Waals surface area contributed by atoms with Gasteiger partial charge in [0.15, 0.2) is 5.96 Å². The monoisotopic (exact) mass is 248 g/mol. The summed E-state index contributed by atoms with van der Waals surface area (Å²) in [5.74, 6) is 0.837. The Bertz CT molecular complexity index is 427. The number of nitrogens with zero attached hydrogens (tertiary/aromatic N) is 2. The van der Waals surface area contributed by atoms with Crippen molar-refractivity contribution in [2.45, 2.75) is 62.7 Å². The Morgan fingerprint density at radius 3 is 2.78 bits per heavy atom. The van der Waals surface area contributed by atoms with Crippen LogP contribution in [-0.4, -0.2) is 47.0 Å². The Balaban J connectivity index is 1.54. The summed E-state index contributed by atoms with van der Waals surface area (Å²) in [4.78, 5) is 19.3. The maximum absolute atomic E-state index is 12.3. The van der Waals surface area contributed by atoms with Crippen LogP contribution in [0.5, 0.6) is 0 Å². The van der Waals surface area contributed by atoms with E-state index in [1.54, 1.807) is 0 Å². The highest BCUT2D eigenvalue weighted by atomic mass is 16.2. The molecule has 18 heavy (non-hydrogen) atoms. The van der Waals surface area contributed by atoms with E-state index in [0.717, 1.165) is 19.0 Å². The minimum atomic E-state index is -0.407. The van der Waals surface area contributed by atoms with E-state index in [0.29, 0.717) is 18.0 Å². The van der Waals surface area contributed by atoms with Crippen LogP contribution in [0.4, 0.5) is 0 Å². The summed E-state index contributed by atoms with van der Waals surface area (Å²) in [6, 6.07) is 1.66. The molecule has 2 heterocycles. The summed E-state index contributed by atoms with van der Waals surface area (Å²) in [6.07, 6.45) is 5.83. The van der Waals surface area contributed by atoms with Crippen molar-refractivity contribution in [1.29, 1.82) is 0 Å². The zero-order valence-corrected chi connectivity index (χ0v) is 10.8. The van der Waals surface area contributed by atoms with Gasteiger partial charge in [-0.2, -0.15) is 0 Å². The number of likely N-dealkylation sites (tertiary alicyclic amines) is 1. The quantitative estimate of drug-likeness (QED) is 0.735. The number of hydrogen-bond acceptors (Lipinski definition) is 3. The molecule has 0 aromatic rings. The number of hydrogen-bond donors (Lipinski definition) is 2. The molecule has 1 amide bonds. The first-order chi connectivity index (χ1) is 8.66. The molecule has 4 fully saturated rings. The van der Waals surface area contributed by atoms with Crippen LogP contribution in [0.3, 0.4) is 0 Å². The molecule has 0 radical (unpaired) electrons. The highest BCUT2D eigenvalue weighted by Gasteiger charge is 2.54. The third kappa shape index (κ3) is 1.64. The molecule has 98 valence electrons. The number of carbonyl (C=O) groups is 1. The third-order valence-corrected chi connectivity index (χ3v) is 4.56. The first-order valence-electron chi connectivity index (χ1n) is 7.09. The largest absolute Gasteiger partial charge is 0.340 e. The van der Waals surface area contributed by atoms with Gasteiger partial charge in [0.05, 0.1) is 6.04 Å². The van der Waals surface area contributed by atoms with Crippen molar-refractivity contribution in [2.24, 2.45) is 4.99 Å². The molecule has 0 bridgehead atoms. The summed E-state index contributed by atoms with van der Waals surface area (Å²) in [5, 5.41) is 6.31. The van der Waals surface area contributed by atoms with Crippen molar-refractivity contribution in [3.8, 4) is 0 Å². The molecule has 1 spiro atoms. The number of guanidine groups is 1. The summed E-state index contributed by atoms with van der Waals surface area (Å²) >= 11 is 0. The first kappa shape index (κ1) is 10.8. The smallest absolute Gasteiger partial charge is 0.253 e. The highest BCUT2D eigenvalue weighted by molar-refractivity contribution is 6.09. The fourth-order valence-electron chi connectivity index (χ4n) is 3.30. The van der Waals surface area contributed by atoms with Gasteiger partial charge in [0.1, 0.15) is 5.54 Å². The predicted molar refractivity (Wildman–Crippen MR) is 68.3 cm³/mol. The van der Waals surface area contributed by atoms with Crippen molar-refractivity contribution in [2.75, 3.05) is 6.54 Å². The van der Waals surface area contributed by atoms with E-state index in [4.69, 9.17) is 0 Å². The van der Waals surface area contributed by atoms with E-state index in [1.807, 2.05) is 0 Å². The predicted octanol–water partition coefficient (Wildman–Crippen LogP) is 0.220. The van der Waals surface area contributed by atoms with Gasteiger partial charge in [0, 0.05) is 18.6 Å². The summed E-state index contributed by atoms with van der Waals surface area (Å²) in [6.45, 7) is 3.08. The minimum Gasteiger partial charge on any atom is -0.340 e. The van der Waals surface area contributed by atoms with Gasteiger partial charge >= 0.3 is 0 Å². The number of rotatable bonds is 2. The van der Waals surface area contributed by atoms with E-state index in [-0.39, 0.29) is 5.91 Å². The SMILES string of the molecule is CC1CC2(CN1C1CC1)NC(=NC1CC1)NC2=O. The van der Waals surface area contributed by atoms with E-state index >= 15 is 0 Å². The summed E-state index contributed by atoms with van der Waals surface area (Å²) < 4.78 is 0. The van der Waals surface area contributed by atoms with Crippen molar-refractivity contribution in [3.63, 3.8) is 0 Å². The molecule has 5 nitrogen and oxygen atoms in total. The lowest BCUT2D eigenvalue weighted by atomic mass is 9.97. The van der Waals surface area contributed by atoms with Crippen LogP contribution in [0.1, 0.15) is 39.0 Å². The van der Waals surface area contributed by atoms with Gasteiger partial charge in [-0.25, -0.2) is 4.99 Å². The molecule has 2 saturated carbocycles. The average molecular weight is 248 g/mol. The first-order valence-corrected chi connectivity index (χ1v) is 7.09. The number of nitrogens with one attached hydrogen (secondary N) is 2. The molecular weight excluding hydrogens is 228 g/mol. The van der Waals surface area contributed by atoms with Gasteiger partial charge < -0.3 is 5.32 Å². The van der Waals surface area contributed by atoms with Crippen LogP contribution in [-0.2, 0) is 4.79 Å². The lowest BCUT2D eigenvalue weighted by Gasteiger charge is -2.22. The van der Waals surface area contributed by atoms with Crippen molar-refractivity contribution >= 4 is 11.9 Å². The van der Waals surface area contributed by atoms with Crippen molar-refractivity contribution in [1.82, 2.24) is 15.5 Å². The van der Waals surface area contributed by atoms with Gasteiger partial charge in [-0.05, 0) is 39.0 Å². The second-order valence-electron chi connectivity index (χ2n) is 6.33.